The van der Waals surface area contributed by atoms with E-state index in [1.165, 1.54) is 4.57 Å². The molecule has 5 nitrogen and oxygen atoms in total. The highest BCUT2D eigenvalue weighted by Crippen LogP contribution is 2.30. The number of hydrogen-bond donors (Lipinski definition) is 1. The van der Waals surface area contributed by atoms with Crippen LogP contribution in [0.4, 0.5) is 0 Å². The first-order valence-corrected chi connectivity index (χ1v) is 5.85. The van der Waals surface area contributed by atoms with Crippen LogP contribution in [0.15, 0.2) is 30.3 Å². The Morgan fingerprint density at radius 2 is 2.12 bits per heavy atom. The van der Waals surface area contributed by atoms with Gasteiger partial charge in [0.15, 0.2) is 5.58 Å². The number of rotatable bonds is 2. The Hall–Kier alpha value is -1.08. The van der Waals surface area contributed by atoms with Crippen molar-refractivity contribution in [2.24, 2.45) is 5.73 Å². The van der Waals surface area contributed by atoms with Crippen LogP contribution in [0.5, 0.6) is 0 Å². The van der Waals surface area contributed by atoms with Crippen molar-refractivity contribution in [3.8, 4) is 0 Å². The van der Waals surface area contributed by atoms with Gasteiger partial charge >= 0.3 is 5.76 Å². The zero-order valence-electron chi connectivity index (χ0n) is 7.87. The van der Waals surface area contributed by atoms with Crippen LogP contribution >= 0.6 is 31.9 Å². The van der Waals surface area contributed by atoms with E-state index in [0.29, 0.717) is 15.6 Å². The summed E-state index contributed by atoms with van der Waals surface area (Å²) in [5.74, 6) is -1.20. The molecule has 7 heteroatoms. The molecule has 0 aliphatic carbocycles. The predicted octanol–water partition coefficient (Wildman–Crippen LogP) is 1.60. The molecule has 0 fully saturated rings. The molecule has 2 rings (SSSR count). The van der Waals surface area contributed by atoms with Gasteiger partial charge in [0.05, 0.1) is 9.99 Å². The maximum atomic E-state index is 11.5. The minimum atomic E-state index is -0.604. The van der Waals surface area contributed by atoms with E-state index in [-0.39, 0.29) is 6.54 Å². The van der Waals surface area contributed by atoms with E-state index in [0.717, 1.165) is 4.47 Å². The van der Waals surface area contributed by atoms with E-state index < -0.39 is 11.7 Å². The lowest BCUT2D eigenvalue weighted by Crippen LogP contribution is -2.24. The van der Waals surface area contributed by atoms with E-state index in [9.17, 15) is 9.59 Å². The van der Waals surface area contributed by atoms with Crippen molar-refractivity contribution in [2.45, 2.75) is 6.54 Å². The fourth-order valence-electron chi connectivity index (χ4n) is 1.38. The molecule has 0 aliphatic rings. The molecular weight excluding hydrogens is 344 g/mol. The third-order valence-electron chi connectivity index (χ3n) is 2.04. The van der Waals surface area contributed by atoms with Crippen LogP contribution in [0.2, 0.25) is 0 Å². The molecule has 2 N–H and O–H groups in total. The maximum Gasteiger partial charge on any atom is 0.420 e. The van der Waals surface area contributed by atoms with Crippen LogP contribution in [0.25, 0.3) is 11.1 Å². The number of carbonyl (C=O) groups is 1. The minimum Gasteiger partial charge on any atom is -0.406 e. The SMILES string of the molecule is NC(=O)Cn1c(=O)oc2c(Br)c(Br)ccc21. The van der Waals surface area contributed by atoms with E-state index >= 15 is 0 Å². The summed E-state index contributed by atoms with van der Waals surface area (Å²) in [6.07, 6.45) is 0. The number of hydrogen-bond acceptors (Lipinski definition) is 3. The summed E-state index contributed by atoms with van der Waals surface area (Å²) in [5, 5.41) is 0. The Balaban J connectivity index is 2.76. The number of amides is 1. The fraction of sp³-hybridized carbons (Fsp3) is 0.111. The van der Waals surface area contributed by atoms with Gasteiger partial charge in [-0.2, -0.15) is 0 Å². The van der Waals surface area contributed by atoms with Gasteiger partial charge < -0.3 is 10.2 Å². The van der Waals surface area contributed by atoms with E-state index in [2.05, 4.69) is 31.9 Å². The third kappa shape index (κ3) is 1.80. The monoisotopic (exact) mass is 348 g/mol. The van der Waals surface area contributed by atoms with Gasteiger partial charge in [-0.05, 0) is 44.0 Å². The van der Waals surface area contributed by atoms with Crippen molar-refractivity contribution in [2.75, 3.05) is 0 Å². The zero-order valence-corrected chi connectivity index (χ0v) is 11.0. The predicted molar refractivity (Wildman–Crippen MR) is 65.1 cm³/mol. The molecule has 16 heavy (non-hydrogen) atoms. The molecule has 0 aliphatic heterocycles. The van der Waals surface area contributed by atoms with Gasteiger partial charge in [-0.1, -0.05) is 0 Å². The molecule has 0 bridgehead atoms. The van der Waals surface area contributed by atoms with Gasteiger partial charge in [-0.15, -0.1) is 0 Å². The fourth-order valence-corrected chi connectivity index (χ4v) is 2.11. The third-order valence-corrected chi connectivity index (χ3v) is 4.02. The molecule has 1 amide bonds. The summed E-state index contributed by atoms with van der Waals surface area (Å²) in [6.45, 7) is -0.195. The Bertz CT molecular complexity index is 629. The number of fused-ring (bicyclic) bond motifs is 1. The maximum absolute atomic E-state index is 11.5. The van der Waals surface area contributed by atoms with E-state index in [1.54, 1.807) is 12.1 Å². The van der Waals surface area contributed by atoms with Crippen molar-refractivity contribution in [1.29, 1.82) is 0 Å². The van der Waals surface area contributed by atoms with Crippen molar-refractivity contribution < 1.29 is 9.21 Å². The van der Waals surface area contributed by atoms with Crippen molar-refractivity contribution in [3.63, 3.8) is 0 Å². The van der Waals surface area contributed by atoms with E-state index in [1.807, 2.05) is 0 Å². The molecular formula is C9H6Br2N2O3. The topological polar surface area (TPSA) is 78.2 Å². The standard InChI is InChI=1S/C9H6Br2N2O3/c10-4-1-2-5-8(7(4)11)16-9(15)13(5)3-6(12)14/h1-2H,3H2,(H2,12,14). The number of carbonyl (C=O) groups excluding carboxylic acids is 1. The second kappa shape index (κ2) is 4.06. The highest BCUT2D eigenvalue weighted by molar-refractivity contribution is 9.13. The number of nitrogens with zero attached hydrogens (tertiary/aromatic N) is 1. The quantitative estimate of drug-likeness (QED) is 0.894. The van der Waals surface area contributed by atoms with Crippen molar-refractivity contribution in [3.05, 3.63) is 31.6 Å². The lowest BCUT2D eigenvalue weighted by Gasteiger charge is -1.99. The second-order valence-electron chi connectivity index (χ2n) is 3.13. The first-order valence-electron chi connectivity index (χ1n) is 4.26. The normalized spacial score (nSPS) is 10.9. The van der Waals surface area contributed by atoms with Gasteiger partial charge in [0.1, 0.15) is 6.54 Å². The van der Waals surface area contributed by atoms with Crippen LogP contribution in [0.3, 0.4) is 0 Å². The summed E-state index contributed by atoms with van der Waals surface area (Å²) in [4.78, 5) is 22.3. The van der Waals surface area contributed by atoms with Crippen LogP contribution in [0, 0.1) is 0 Å². The molecule has 2 aromatic rings. The van der Waals surface area contributed by atoms with Crippen LogP contribution in [0.1, 0.15) is 0 Å². The average molecular weight is 350 g/mol. The molecule has 0 saturated carbocycles. The average Bonchev–Trinajstić information content (AvgIpc) is 2.51. The van der Waals surface area contributed by atoms with Gasteiger partial charge in [0, 0.05) is 4.47 Å². The lowest BCUT2D eigenvalue weighted by molar-refractivity contribution is -0.118. The van der Waals surface area contributed by atoms with Crippen molar-refractivity contribution >= 4 is 48.9 Å². The Morgan fingerprint density at radius 1 is 1.44 bits per heavy atom. The van der Waals surface area contributed by atoms with Crippen LogP contribution in [-0.4, -0.2) is 10.5 Å². The minimum absolute atomic E-state index is 0.195. The van der Waals surface area contributed by atoms with Crippen LogP contribution in [-0.2, 0) is 11.3 Å². The Morgan fingerprint density at radius 3 is 2.75 bits per heavy atom. The van der Waals surface area contributed by atoms with Crippen molar-refractivity contribution in [1.82, 2.24) is 4.57 Å². The Labute approximate surface area is 106 Å². The summed E-state index contributed by atoms with van der Waals surface area (Å²) < 4.78 is 7.62. The van der Waals surface area contributed by atoms with Gasteiger partial charge in [-0.3, -0.25) is 9.36 Å². The molecule has 1 heterocycles. The second-order valence-corrected chi connectivity index (χ2v) is 4.78. The molecule has 0 radical (unpaired) electrons. The molecule has 0 atom stereocenters. The van der Waals surface area contributed by atoms with Crippen LogP contribution < -0.4 is 11.5 Å². The molecule has 84 valence electrons. The number of primary amides is 1. The Kier molecular flexibility index (Phi) is 2.90. The molecule has 0 spiro atoms. The summed E-state index contributed by atoms with van der Waals surface area (Å²) in [7, 11) is 0. The van der Waals surface area contributed by atoms with Gasteiger partial charge in [-0.25, -0.2) is 4.79 Å². The largest absolute Gasteiger partial charge is 0.420 e. The van der Waals surface area contributed by atoms with E-state index in [4.69, 9.17) is 10.2 Å². The highest BCUT2D eigenvalue weighted by Gasteiger charge is 2.14. The number of halogens is 2. The lowest BCUT2D eigenvalue weighted by atomic mass is 10.3. The zero-order chi connectivity index (χ0) is 11.9. The first kappa shape index (κ1) is 11.4. The number of aromatic nitrogens is 1. The summed E-state index contributed by atoms with van der Waals surface area (Å²) in [5.41, 5.74) is 5.97. The number of oxazole rings is 1. The highest BCUT2D eigenvalue weighted by atomic mass is 79.9. The molecule has 1 aromatic heterocycles. The summed E-state index contributed by atoms with van der Waals surface area (Å²) >= 11 is 6.58. The first-order chi connectivity index (χ1) is 7.50. The number of benzene rings is 1. The smallest absolute Gasteiger partial charge is 0.406 e. The molecule has 1 aromatic carbocycles. The van der Waals surface area contributed by atoms with Gasteiger partial charge in [0.2, 0.25) is 5.91 Å². The molecule has 0 unspecified atom stereocenters. The van der Waals surface area contributed by atoms with Gasteiger partial charge in [0.25, 0.3) is 0 Å². The summed E-state index contributed by atoms with van der Waals surface area (Å²) in [6, 6.07) is 3.43. The molecule has 0 saturated heterocycles. The number of nitrogens with two attached hydrogens (primary N) is 1.